The number of fused-ring (bicyclic) bond motifs is 2. The van der Waals surface area contributed by atoms with E-state index >= 15 is 0 Å². The number of ether oxygens (including phenoxy) is 1. The Bertz CT molecular complexity index is 1200. The van der Waals surface area contributed by atoms with Gasteiger partial charge in [-0.05, 0) is 24.6 Å². The quantitative estimate of drug-likeness (QED) is 0.679. The summed E-state index contributed by atoms with van der Waals surface area (Å²) in [6, 6.07) is 14.3. The third kappa shape index (κ3) is 4.01. The number of rotatable bonds is 5. The molecule has 160 valence electrons. The van der Waals surface area contributed by atoms with E-state index in [9.17, 15) is 14.4 Å². The molecule has 1 aliphatic rings. The number of carbonyl (C=O) groups is 2. The number of hydrogen-bond acceptors (Lipinski definition) is 5. The molecule has 0 saturated heterocycles. The van der Waals surface area contributed by atoms with E-state index in [0.717, 1.165) is 6.42 Å². The lowest BCUT2D eigenvalue weighted by Crippen LogP contribution is -2.51. The number of anilines is 1. The van der Waals surface area contributed by atoms with Crippen LogP contribution in [0.25, 0.3) is 10.8 Å². The smallest absolute Gasteiger partial charge is 0.274 e. The minimum atomic E-state index is -0.796. The number of aryl methyl sites for hydroxylation is 1. The fourth-order valence-corrected chi connectivity index (χ4v) is 3.71. The highest BCUT2D eigenvalue weighted by atomic mass is 16.5. The Morgan fingerprint density at radius 1 is 1.13 bits per heavy atom. The Hall–Kier alpha value is -3.68. The number of aromatic nitrogens is 2. The van der Waals surface area contributed by atoms with Crippen molar-refractivity contribution in [3.8, 4) is 5.75 Å². The molecule has 8 heteroatoms. The van der Waals surface area contributed by atoms with Crippen molar-refractivity contribution in [3.05, 3.63) is 64.6 Å². The number of amides is 2. The lowest BCUT2D eigenvalue weighted by molar-refractivity contribution is -0.128. The summed E-state index contributed by atoms with van der Waals surface area (Å²) in [5.41, 5.74) is 0.913. The predicted molar refractivity (Wildman–Crippen MR) is 117 cm³/mol. The minimum absolute atomic E-state index is 0.00767. The van der Waals surface area contributed by atoms with Crippen molar-refractivity contribution in [1.82, 2.24) is 15.1 Å². The topological polar surface area (TPSA) is 93.5 Å². The molecular formula is C23H24N4O4. The molecule has 0 aliphatic carbocycles. The van der Waals surface area contributed by atoms with E-state index in [1.165, 1.54) is 4.68 Å². The molecule has 2 amide bonds. The highest BCUT2D eigenvalue weighted by molar-refractivity contribution is 6.00. The van der Waals surface area contributed by atoms with Gasteiger partial charge in [-0.15, -0.1) is 0 Å². The number of nitrogens with zero attached hydrogens (tertiary/aromatic N) is 3. The summed E-state index contributed by atoms with van der Waals surface area (Å²) in [6.07, 6.45) is 0.00494. The maximum Gasteiger partial charge on any atom is 0.274 e. The maximum absolute atomic E-state index is 13.4. The SMILES string of the molecule is CCCNC(=O)[C@H]1CN(C(=O)Cc2nn(C)c(=O)c3ccccc23)c2ccccc2O1. The lowest BCUT2D eigenvalue weighted by atomic mass is 10.1. The van der Waals surface area contributed by atoms with E-state index in [0.29, 0.717) is 34.4 Å². The molecule has 2 aromatic carbocycles. The molecule has 0 radical (unpaired) electrons. The largest absolute Gasteiger partial charge is 0.477 e. The van der Waals surface area contributed by atoms with E-state index in [2.05, 4.69) is 10.4 Å². The number of nitrogens with one attached hydrogen (secondary N) is 1. The van der Waals surface area contributed by atoms with Crippen LogP contribution in [0.2, 0.25) is 0 Å². The second-order valence-electron chi connectivity index (χ2n) is 7.47. The molecule has 1 atom stereocenters. The highest BCUT2D eigenvalue weighted by Crippen LogP contribution is 2.33. The fraction of sp³-hybridized carbons (Fsp3) is 0.304. The second-order valence-corrected chi connectivity index (χ2v) is 7.47. The van der Waals surface area contributed by atoms with Gasteiger partial charge >= 0.3 is 0 Å². The first-order valence-electron chi connectivity index (χ1n) is 10.3. The van der Waals surface area contributed by atoms with Gasteiger partial charge in [0.2, 0.25) is 5.91 Å². The van der Waals surface area contributed by atoms with Gasteiger partial charge in [0.25, 0.3) is 11.5 Å². The van der Waals surface area contributed by atoms with Gasteiger partial charge in [0.1, 0.15) is 5.75 Å². The van der Waals surface area contributed by atoms with Crippen molar-refractivity contribution in [3.63, 3.8) is 0 Å². The summed E-state index contributed by atoms with van der Waals surface area (Å²) >= 11 is 0. The zero-order valence-electron chi connectivity index (χ0n) is 17.5. The van der Waals surface area contributed by atoms with E-state index in [1.807, 2.05) is 19.1 Å². The molecule has 0 saturated carbocycles. The summed E-state index contributed by atoms with van der Waals surface area (Å²) in [7, 11) is 1.57. The van der Waals surface area contributed by atoms with E-state index in [-0.39, 0.29) is 30.3 Å². The molecule has 4 rings (SSSR count). The molecule has 0 unspecified atom stereocenters. The van der Waals surface area contributed by atoms with Crippen LogP contribution in [-0.4, -0.2) is 40.8 Å². The Balaban J connectivity index is 1.66. The van der Waals surface area contributed by atoms with Crippen molar-refractivity contribution < 1.29 is 14.3 Å². The predicted octanol–water partition coefficient (Wildman–Crippen LogP) is 1.80. The lowest BCUT2D eigenvalue weighted by Gasteiger charge is -2.34. The summed E-state index contributed by atoms with van der Waals surface area (Å²) in [5.74, 6) is 0.0113. The minimum Gasteiger partial charge on any atom is -0.477 e. The Labute approximate surface area is 179 Å². The number of para-hydroxylation sites is 2. The monoisotopic (exact) mass is 420 g/mol. The van der Waals surface area contributed by atoms with Gasteiger partial charge in [-0.3, -0.25) is 14.4 Å². The maximum atomic E-state index is 13.4. The van der Waals surface area contributed by atoms with Crippen LogP contribution in [0.4, 0.5) is 5.69 Å². The zero-order valence-corrected chi connectivity index (χ0v) is 17.5. The molecule has 2 heterocycles. The standard InChI is InChI=1S/C23H24N4O4/c1-3-12-24-22(29)20-14-27(18-10-6-7-11-19(18)31-20)21(28)13-17-15-8-4-5-9-16(15)23(30)26(2)25-17/h4-11,20H,3,12-14H2,1-2H3,(H,24,29)/t20-/m1/s1. The zero-order chi connectivity index (χ0) is 22.0. The average Bonchev–Trinajstić information content (AvgIpc) is 2.80. The van der Waals surface area contributed by atoms with Crippen molar-refractivity contribution in [1.29, 1.82) is 0 Å². The number of carbonyl (C=O) groups excluding carboxylic acids is 2. The van der Waals surface area contributed by atoms with Crippen LogP contribution < -0.4 is 20.5 Å². The van der Waals surface area contributed by atoms with Crippen LogP contribution in [0.1, 0.15) is 19.0 Å². The summed E-state index contributed by atoms with van der Waals surface area (Å²) in [5, 5.41) is 8.33. The van der Waals surface area contributed by atoms with Gasteiger partial charge in [0.15, 0.2) is 6.10 Å². The molecule has 0 fully saturated rings. The molecule has 1 aliphatic heterocycles. The first-order chi connectivity index (χ1) is 15.0. The van der Waals surface area contributed by atoms with Gasteiger partial charge in [-0.2, -0.15) is 5.10 Å². The van der Waals surface area contributed by atoms with Crippen LogP contribution in [0.3, 0.4) is 0 Å². The van der Waals surface area contributed by atoms with Gasteiger partial charge in [-0.1, -0.05) is 37.3 Å². The van der Waals surface area contributed by atoms with E-state index < -0.39 is 6.10 Å². The van der Waals surface area contributed by atoms with Crippen molar-refractivity contribution in [2.45, 2.75) is 25.9 Å². The molecule has 3 aromatic rings. The molecule has 1 N–H and O–H groups in total. The molecule has 0 bridgehead atoms. The summed E-state index contributed by atoms with van der Waals surface area (Å²) < 4.78 is 7.11. The molecular weight excluding hydrogens is 396 g/mol. The molecule has 31 heavy (non-hydrogen) atoms. The van der Waals surface area contributed by atoms with Crippen LogP contribution in [0.15, 0.2) is 53.3 Å². The fourth-order valence-electron chi connectivity index (χ4n) is 3.71. The molecule has 1 aromatic heterocycles. The Morgan fingerprint density at radius 2 is 1.84 bits per heavy atom. The Morgan fingerprint density at radius 3 is 2.61 bits per heavy atom. The van der Waals surface area contributed by atoms with Crippen molar-refractivity contribution in [2.75, 3.05) is 18.0 Å². The van der Waals surface area contributed by atoms with Gasteiger partial charge in [0, 0.05) is 19.0 Å². The average molecular weight is 420 g/mol. The first-order valence-corrected chi connectivity index (χ1v) is 10.3. The highest BCUT2D eigenvalue weighted by Gasteiger charge is 2.34. The van der Waals surface area contributed by atoms with Crippen LogP contribution in [0.5, 0.6) is 5.75 Å². The van der Waals surface area contributed by atoms with Crippen LogP contribution in [-0.2, 0) is 23.1 Å². The van der Waals surface area contributed by atoms with E-state index in [1.54, 1.807) is 48.3 Å². The first kappa shape index (κ1) is 20.6. The summed E-state index contributed by atoms with van der Waals surface area (Å²) in [4.78, 5) is 39.8. The Kier molecular flexibility index (Phi) is 5.70. The van der Waals surface area contributed by atoms with Crippen molar-refractivity contribution in [2.24, 2.45) is 7.05 Å². The van der Waals surface area contributed by atoms with Crippen LogP contribution in [0, 0.1) is 0 Å². The van der Waals surface area contributed by atoms with Gasteiger partial charge in [0.05, 0.1) is 29.7 Å². The third-order valence-corrected chi connectivity index (χ3v) is 5.27. The number of hydrogen-bond donors (Lipinski definition) is 1. The second kappa shape index (κ2) is 8.59. The van der Waals surface area contributed by atoms with Crippen molar-refractivity contribution >= 4 is 28.3 Å². The molecule has 8 nitrogen and oxygen atoms in total. The van der Waals surface area contributed by atoms with Gasteiger partial charge < -0.3 is 15.0 Å². The molecule has 0 spiro atoms. The normalized spacial score (nSPS) is 15.3. The number of benzene rings is 2. The van der Waals surface area contributed by atoms with Gasteiger partial charge in [-0.25, -0.2) is 4.68 Å². The van der Waals surface area contributed by atoms with E-state index in [4.69, 9.17) is 4.74 Å². The van der Waals surface area contributed by atoms with Crippen LogP contribution >= 0.6 is 0 Å². The summed E-state index contributed by atoms with van der Waals surface area (Å²) in [6.45, 7) is 2.62. The third-order valence-electron chi connectivity index (χ3n) is 5.27.